The lowest BCUT2D eigenvalue weighted by molar-refractivity contribution is -0.142. The van der Waals surface area contributed by atoms with Crippen molar-refractivity contribution in [3.8, 4) is 0 Å². The maximum atomic E-state index is 13.8. The van der Waals surface area contributed by atoms with Gasteiger partial charge in [0, 0.05) is 12.2 Å². The van der Waals surface area contributed by atoms with Gasteiger partial charge in [-0.25, -0.2) is 4.98 Å². The van der Waals surface area contributed by atoms with Crippen molar-refractivity contribution in [2.45, 2.75) is 45.8 Å². The number of hydrogen-bond donors (Lipinski definition) is 1. The van der Waals surface area contributed by atoms with Gasteiger partial charge >= 0.3 is 0 Å². The third-order valence-corrected chi connectivity index (χ3v) is 6.57. The number of benzene rings is 3. The molecule has 0 fully saturated rings. The minimum Gasteiger partial charge on any atom is -0.327 e. The summed E-state index contributed by atoms with van der Waals surface area (Å²) in [4.78, 5) is 33.7. The molecule has 0 spiro atoms. The SMILES string of the molecule is Cc1ccc(NC(=O)C[C@@H]2C(=O)N(Cc3ccccc3)[C@@H](C)c3nc4ccccc4n32)c(C)c1. The molecule has 1 aliphatic rings. The van der Waals surface area contributed by atoms with E-state index in [1.165, 1.54) is 0 Å². The predicted octanol–water partition coefficient (Wildman–Crippen LogP) is 5.33. The molecule has 3 aromatic carbocycles. The summed E-state index contributed by atoms with van der Waals surface area (Å²) < 4.78 is 1.96. The quantitative estimate of drug-likeness (QED) is 0.445. The van der Waals surface area contributed by atoms with Crippen molar-refractivity contribution in [2.75, 3.05) is 5.32 Å². The van der Waals surface area contributed by atoms with Gasteiger partial charge in [-0.15, -0.1) is 0 Å². The molecular formula is C28H28N4O2. The maximum absolute atomic E-state index is 13.8. The minimum atomic E-state index is -0.659. The van der Waals surface area contributed by atoms with Gasteiger partial charge in [-0.2, -0.15) is 0 Å². The number of carbonyl (C=O) groups excluding carboxylic acids is 2. The molecule has 5 rings (SSSR count). The Morgan fingerprint density at radius 1 is 1.00 bits per heavy atom. The number of imidazole rings is 1. The highest BCUT2D eigenvalue weighted by molar-refractivity contribution is 5.96. The molecular weight excluding hydrogens is 424 g/mol. The van der Waals surface area contributed by atoms with Crippen molar-refractivity contribution >= 4 is 28.5 Å². The highest BCUT2D eigenvalue weighted by Crippen LogP contribution is 2.37. The zero-order chi connectivity index (χ0) is 23.8. The second kappa shape index (κ2) is 8.78. The first-order valence-electron chi connectivity index (χ1n) is 11.6. The number of aryl methyl sites for hydroxylation is 2. The molecule has 34 heavy (non-hydrogen) atoms. The summed E-state index contributed by atoms with van der Waals surface area (Å²) in [5.74, 6) is 0.548. The van der Waals surface area contributed by atoms with Crippen LogP contribution in [0.1, 0.15) is 47.9 Å². The normalized spacial score (nSPS) is 17.6. The lowest BCUT2D eigenvalue weighted by Gasteiger charge is -2.38. The van der Waals surface area contributed by atoms with Gasteiger partial charge in [0.15, 0.2) is 0 Å². The van der Waals surface area contributed by atoms with Gasteiger partial charge in [0.2, 0.25) is 11.8 Å². The summed E-state index contributed by atoms with van der Waals surface area (Å²) >= 11 is 0. The van der Waals surface area contributed by atoms with Gasteiger partial charge in [-0.05, 0) is 50.1 Å². The molecule has 2 atom stereocenters. The molecule has 1 N–H and O–H groups in total. The van der Waals surface area contributed by atoms with E-state index in [2.05, 4.69) is 5.32 Å². The molecule has 0 unspecified atom stereocenters. The predicted molar refractivity (Wildman–Crippen MR) is 133 cm³/mol. The monoisotopic (exact) mass is 452 g/mol. The summed E-state index contributed by atoms with van der Waals surface area (Å²) in [6.45, 7) is 6.47. The van der Waals surface area contributed by atoms with Gasteiger partial charge < -0.3 is 14.8 Å². The third kappa shape index (κ3) is 3.96. The summed E-state index contributed by atoms with van der Waals surface area (Å²) in [5.41, 5.74) is 5.66. The Hall–Kier alpha value is -3.93. The molecule has 0 bridgehead atoms. The fourth-order valence-electron chi connectivity index (χ4n) is 4.82. The van der Waals surface area contributed by atoms with E-state index in [1.807, 2.05) is 103 Å². The first-order chi connectivity index (χ1) is 16.4. The lowest BCUT2D eigenvalue weighted by atomic mass is 10.0. The van der Waals surface area contributed by atoms with Gasteiger partial charge in [0.05, 0.1) is 23.5 Å². The van der Waals surface area contributed by atoms with E-state index in [0.717, 1.165) is 39.2 Å². The van der Waals surface area contributed by atoms with Gasteiger partial charge in [0.1, 0.15) is 11.9 Å². The highest BCUT2D eigenvalue weighted by atomic mass is 16.2. The Morgan fingerprint density at radius 3 is 2.50 bits per heavy atom. The molecule has 0 saturated carbocycles. The Labute approximate surface area is 199 Å². The first kappa shape index (κ1) is 21.9. The molecule has 6 heteroatoms. The van der Waals surface area contributed by atoms with Crippen LogP contribution in [0.4, 0.5) is 5.69 Å². The van der Waals surface area contributed by atoms with E-state index in [0.29, 0.717) is 6.54 Å². The molecule has 4 aromatic rings. The maximum Gasteiger partial charge on any atom is 0.247 e. The van der Waals surface area contributed by atoms with E-state index in [9.17, 15) is 9.59 Å². The number of fused-ring (bicyclic) bond motifs is 3. The van der Waals surface area contributed by atoms with Crippen LogP contribution >= 0.6 is 0 Å². The van der Waals surface area contributed by atoms with Crippen molar-refractivity contribution in [3.05, 3.63) is 95.3 Å². The second-order valence-corrected chi connectivity index (χ2v) is 9.04. The minimum absolute atomic E-state index is 0.0392. The molecule has 2 amide bonds. The molecule has 0 saturated heterocycles. The van der Waals surface area contributed by atoms with Crippen LogP contribution in [0.15, 0.2) is 72.8 Å². The van der Waals surface area contributed by atoms with Crippen LogP contribution < -0.4 is 5.32 Å². The fourth-order valence-corrected chi connectivity index (χ4v) is 4.82. The summed E-state index contributed by atoms with van der Waals surface area (Å²) in [6.07, 6.45) is 0.0392. The van der Waals surface area contributed by atoms with Crippen LogP contribution in [0.5, 0.6) is 0 Å². The van der Waals surface area contributed by atoms with E-state index in [4.69, 9.17) is 4.98 Å². The largest absolute Gasteiger partial charge is 0.327 e. The standard InChI is InChI=1S/C28H28N4O2/c1-18-13-14-22(19(2)15-18)29-26(33)16-25-28(34)31(17-21-9-5-4-6-10-21)20(3)27-30-23-11-7-8-12-24(23)32(25)27/h4-15,20,25H,16-17H2,1-3H3,(H,29,33)/t20-,25+/m0/s1. The summed E-state index contributed by atoms with van der Waals surface area (Å²) in [6, 6.07) is 22.8. The van der Waals surface area contributed by atoms with E-state index in [-0.39, 0.29) is 24.3 Å². The molecule has 6 nitrogen and oxygen atoms in total. The topological polar surface area (TPSA) is 67.2 Å². The van der Waals surface area contributed by atoms with Crippen LogP contribution in [0.3, 0.4) is 0 Å². The number of carbonyl (C=O) groups is 2. The van der Waals surface area contributed by atoms with Gasteiger partial charge in [0.25, 0.3) is 0 Å². The number of anilines is 1. The average molecular weight is 453 g/mol. The number of rotatable bonds is 5. The van der Waals surface area contributed by atoms with Crippen LogP contribution in [0.2, 0.25) is 0 Å². The third-order valence-electron chi connectivity index (χ3n) is 6.57. The molecule has 1 aliphatic heterocycles. The van der Waals surface area contributed by atoms with Crippen LogP contribution in [-0.2, 0) is 16.1 Å². The van der Waals surface area contributed by atoms with Crippen molar-refractivity contribution in [2.24, 2.45) is 0 Å². The van der Waals surface area contributed by atoms with E-state index < -0.39 is 6.04 Å². The highest BCUT2D eigenvalue weighted by Gasteiger charge is 2.40. The van der Waals surface area contributed by atoms with Crippen molar-refractivity contribution in [3.63, 3.8) is 0 Å². The number of para-hydroxylation sites is 2. The molecule has 0 radical (unpaired) electrons. The Kier molecular flexibility index (Phi) is 5.65. The van der Waals surface area contributed by atoms with Crippen LogP contribution in [-0.4, -0.2) is 26.3 Å². The van der Waals surface area contributed by atoms with Gasteiger partial charge in [-0.3, -0.25) is 9.59 Å². The second-order valence-electron chi connectivity index (χ2n) is 9.04. The van der Waals surface area contributed by atoms with Crippen LogP contribution in [0.25, 0.3) is 11.0 Å². The zero-order valence-corrected chi connectivity index (χ0v) is 19.7. The number of amides is 2. The molecule has 1 aromatic heterocycles. The van der Waals surface area contributed by atoms with E-state index in [1.54, 1.807) is 0 Å². The van der Waals surface area contributed by atoms with Crippen molar-refractivity contribution < 1.29 is 9.59 Å². The Balaban J connectivity index is 1.51. The fraction of sp³-hybridized carbons (Fsp3) is 0.250. The number of hydrogen-bond acceptors (Lipinski definition) is 3. The Bertz CT molecular complexity index is 1380. The van der Waals surface area contributed by atoms with Gasteiger partial charge in [-0.1, -0.05) is 60.2 Å². The molecule has 172 valence electrons. The molecule has 2 heterocycles. The summed E-state index contributed by atoms with van der Waals surface area (Å²) in [5, 5.41) is 3.01. The number of aromatic nitrogens is 2. The summed E-state index contributed by atoms with van der Waals surface area (Å²) in [7, 11) is 0. The molecule has 0 aliphatic carbocycles. The smallest absolute Gasteiger partial charge is 0.247 e. The zero-order valence-electron chi connectivity index (χ0n) is 19.7. The number of nitrogens with one attached hydrogen (secondary N) is 1. The van der Waals surface area contributed by atoms with Crippen molar-refractivity contribution in [1.29, 1.82) is 0 Å². The van der Waals surface area contributed by atoms with Crippen LogP contribution in [0, 0.1) is 13.8 Å². The first-order valence-corrected chi connectivity index (χ1v) is 11.6. The van der Waals surface area contributed by atoms with E-state index >= 15 is 0 Å². The Morgan fingerprint density at radius 2 is 1.74 bits per heavy atom. The van der Waals surface area contributed by atoms with Crippen molar-refractivity contribution in [1.82, 2.24) is 14.5 Å². The number of nitrogens with zero attached hydrogens (tertiary/aromatic N) is 3. The lowest BCUT2D eigenvalue weighted by Crippen LogP contribution is -2.45. The average Bonchev–Trinajstić information content (AvgIpc) is 3.22.